The number of nitriles is 1. The molecule has 0 aliphatic carbocycles. The summed E-state index contributed by atoms with van der Waals surface area (Å²) >= 11 is 2.82. The zero-order chi connectivity index (χ0) is 18.0. The van der Waals surface area contributed by atoms with Crippen LogP contribution in [0, 0.1) is 11.3 Å². The molecule has 3 rings (SSSR count). The van der Waals surface area contributed by atoms with E-state index in [1.54, 1.807) is 6.08 Å². The number of carbonyl (C=O) groups is 1. The van der Waals surface area contributed by atoms with Gasteiger partial charge in [0.2, 0.25) is 0 Å². The van der Waals surface area contributed by atoms with Crippen LogP contribution in [0.25, 0.3) is 17.0 Å². The summed E-state index contributed by atoms with van der Waals surface area (Å²) in [6.45, 7) is 3.82. The second kappa shape index (κ2) is 7.30. The first kappa shape index (κ1) is 17.5. The lowest BCUT2D eigenvalue weighted by Gasteiger charge is -2.14. The quantitative estimate of drug-likeness (QED) is 0.754. The highest BCUT2D eigenvalue weighted by Crippen LogP contribution is 2.34. The lowest BCUT2D eigenvalue weighted by atomic mass is 10.1. The summed E-state index contributed by atoms with van der Waals surface area (Å²) in [6.07, 6.45) is 5.15. The molecule has 1 amide bonds. The lowest BCUT2D eigenvalue weighted by Crippen LogP contribution is -2.07. The van der Waals surface area contributed by atoms with Crippen LogP contribution in [0.3, 0.4) is 0 Å². The predicted octanol–water partition coefficient (Wildman–Crippen LogP) is 4.23. The summed E-state index contributed by atoms with van der Waals surface area (Å²) in [7, 11) is 0. The summed E-state index contributed by atoms with van der Waals surface area (Å²) in [5.41, 5.74) is 1.97. The predicted molar refractivity (Wildman–Crippen MR) is 104 cm³/mol. The van der Waals surface area contributed by atoms with Crippen LogP contribution in [-0.2, 0) is 4.79 Å². The Morgan fingerprint density at radius 2 is 2.20 bits per heavy atom. The van der Waals surface area contributed by atoms with Gasteiger partial charge in [-0.15, -0.1) is 11.8 Å². The highest BCUT2D eigenvalue weighted by molar-refractivity contribution is 8.40. The Labute approximate surface area is 154 Å². The first-order chi connectivity index (χ1) is 12.0. The lowest BCUT2D eigenvalue weighted by molar-refractivity contribution is -0.113. The van der Waals surface area contributed by atoms with Crippen molar-refractivity contribution in [3.63, 3.8) is 0 Å². The number of aliphatic imine (C=N–C) groups is 1. The average molecular weight is 369 g/mol. The molecule has 0 saturated carbocycles. The number of pyridine rings is 1. The van der Waals surface area contributed by atoms with Crippen molar-refractivity contribution in [1.82, 2.24) is 4.98 Å². The van der Waals surface area contributed by atoms with Crippen LogP contribution in [-0.4, -0.2) is 27.6 Å². The normalized spacial score (nSPS) is 15.7. The van der Waals surface area contributed by atoms with Crippen LogP contribution in [0.15, 0.2) is 34.3 Å². The summed E-state index contributed by atoms with van der Waals surface area (Å²) in [5.74, 6) is 0.297. The average Bonchev–Trinajstić information content (AvgIpc) is 2.95. The Kier molecular flexibility index (Phi) is 5.11. The monoisotopic (exact) mass is 369 g/mol. The van der Waals surface area contributed by atoms with E-state index in [0.29, 0.717) is 16.2 Å². The van der Waals surface area contributed by atoms with E-state index in [2.05, 4.69) is 16.0 Å². The molecule has 1 aliphatic heterocycles. The highest BCUT2D eigenvalue weighted by atomic mass is 32.2. The van der Waals surface area contributed by atoms with Gasteiger partial charge in [-0.3, -0.25) is 9.78 Å². The third-order valence-electron chi connectivity index (χ3n) is 3.39. The van der Waals surface area contributed by atoms with Gasteiger partial charge in [0.25, 0.3) is 5.91 Å². The smallest absolute Gasteiger partial charge is 0.285 e. The summed E-state index contributed by atoms with van der Waals surface area (Å²) < 4.78 is 6.59. The Morgan fingerprint density at radius 1 is 1.40 bits per heavy atom. The Morgan fingerprint density at radius 3 is 2.84 bits per heavy atom. The molecule has 0 fully saturated rings. The first-order valence-electron chi connectivity index (χ1n) is 7.58. The van der Waals surface area contributed by atoms with E-state index in [-0.39, 0.29) is 12.0 Å². The van der Waals surface area contributed by atoms with Crippen LogP contribution in [0.5, 0.6) is 5.75 Å². The van der Waals surface area contributed by atoms with E-state index in [0.717, 1.165) is 20.8 Å². The standard InChI is InChI=1S/C18H15N3O2S2/c1-10(2)23-16-12(8-19)9-20-14-5-4-11(6-13(14)16)7-15-17(22)21-18(24-3)25-15/h4-7,9-10H,1-3H3/b15-7-. The van der Waals surface area contributed by atoms with Crippen molar-refractivity contribution in [3.8, 4) is 11.8 Å². The number of thioether (sulfide) groups is 2. The van der Waals surface area contributed by atoms with Gasteiger partial charge in [-0.05, 0) is 43.9 Å². The summed E-state index contributed by atoms with van der Waals surface area (Å²) in [5, 5.41) is 10.1. The number of hydrogen-bond acceptors (Lipinski definition) is 6. The van der Waals surface area contributed by atoms with Gasteiger partial charge in [-0.25, -0.2) is 0 Å². The molecule has 5 nitrogen and oxygen atoms in total. The van der Waals surface area contributed by atoms with E-state index in [1.807, 2.05) is 38.3 Å². The molecule has 7 heteroatoms. The molecule has 0 radical (unpaired) electrons. The van der Waals surface area contributed by atoms with Crippen LogP contribution >= 0.6 is 23.5 Å². The third-order valence-corrected chi connectivity index (χ3v) is 5.36. The number of aromatic nitrogens is 1. The molecule has 2 aromatic rings. The van der Waals surface area contributed by atoms with Crippen LogP contribution < -0.4 is 4.74 Å². The minimum atomic E-state index is -0.225. The molecule has 2 heterocycles. The molecule has 1 aromatic carbocycles. The van der Waals surface area contributed by atoms with E-state index in [1.165, 1.54) is 29.7 Å². The second-order valence-electron chi connectivity index (χ2n) is 5.55. The third kappa shape index (κ3) is 3.70. The molecule has 0 atom stereocenters. The fourth-order valence-electron chi connectivity index (χ4n) is 2.35. The zero-order valence-corrected chi connectivity index (χ0v) is 15.6. The van der Waals surface area contributed by atoms with Crippen LogP contribution in [0.4, 0.5) is 0 Å². The van der Waals surface area contributed by atoms with Crippen molar-refractivity contribution in [2.24, 2.45) is 4.99 Å². The largest absolute Gasteiger partial charge is 0.489 e. The molecular formula is C18H15N3O2S2. The molecule has 0 N–H and O–H groups in total. The Hall–Kier alpha value is -2.30. The van der Waals surface area contributed by atoms with Crippen molar-refractivity contribution < 1.29 is 9.53 Å². The molecular weight excluding hydrogens is 354 g/mol. The fraction of sp³-hybridized carbons (Fsp3) is 0.222. The van der Waals surface area contributed by atoms with Gasteiger partial charge in [0, 0.05) is 11.6 Å². The molecule has 1 aromatic heterocycles. The highest BCUT2D eigenvalue weighted by Gasteiger charge is 2.21. The zero-order valence-electron chi connectivity index (χ0n) is 13.9. The molecule has 0 spiro atoms. The SMILES string of the molecule is CSC1=NC(=O)/C(=C/c2ccc3ncc(C#N)c(OC(C)C)c3c2)S1. The van der Waals surface area contributed by atoms with Crippen LogP contribution in [0.2, 0.25) is 0 Å². The topological polar surface area (TPSA) is 75.3 Å². The number of ether oxygens (including phenoxy) is 1. The van der Waals surface area contributed by atoms with E-state index in [4.69, 9.17) is 4.74 Å². The van der Waals surface area contributed by atoms with E-state index in [9.17, 15) is 10.1 Å². The van der Waals surface area contributed by atoms with Gasteiger partial charge in [0.05, 0.1) is 16.5 Å². The number of rotatable bonds is 3. The first-order valence-corrected chi connectivity index (χ1v) is 9.62. The van der Waals surface area contributed by atoms with Gasteiger partial charge < -0.3 is 4.74 Å². The van der Waals surface area contributed by atoms with Gasteiger partial charge in [0.15, 0.2) is 0 Å². The van der Waals surface area contributed by atoms with Crippen molar-refractivity contribution >= 4 is 50.8 Å². The number of fused-ring (bicyclic) bond motifs is 1. The maximum atomic E-state index is 12.0. The molecule has 0 saturated heterocycles. The minimum Gasteiger partial charge on any atom is -0.489 e. The molecule has 0 unspecified atom stereocenters. The van der Waals surface area contributed by atoms with Crippen molar-refractivity contribution in [3.05, 3.63) is 40.4 Å². The second-order valence-corrected chi connectivity index (χ2v) is 7.64. The Bertz CT molecular complexity index is 959. The maximum Gasteiger partial charge on any atom is 0.285 e. The molecule has 0 bridgehead atoms. The maximum absolute atomic E-state index is 12.0. The van der Waals surface area contributed by atoms with E-state index < -0.39 is 0 Å². The number of nitrogens with zero attached hydrogens (tertiary/aromatic N) is 3. The summed E-state index contributed by atoms with van der Waals surface area (Å²) in [4.78, 5) is 20.8. The van der Waals surface area contributed by atoms with Gasteiger partial charge in [-0.1, -0.05) is 17.8 Å². The number of hydrogen-bond donors (Lipinski definition) is 0. The van der Waals surface area contributed by atoms with Gasteiger partial charge >= 0.3 is 0 Å². The van der Waals surface area contributed by atoms with Crippen molar-refractivity contribution in [2.45, 2.75) is 20.0 Å². The van der Waals surface area contributed by atoms with Crippen molar-refractivity contribution in [2.75, 3.05) is 6.26 Å². The van der Waals surface area contributed by atoms with Crippen LogP contribution in [0.1, 0.15) is 25.0 Å². The number of benzene rings is 1. The van der Waals surface area contributed by atoms with Crippen molar-refractivity contribution in [1.29, 1.82) is 5.26 Å². The fourth-order valence-corrected chi connectivity index (χ4v) is 3.77. The Balaban J connectivity index is 2.08. The summed E-state index contributed by atoms with van der Waals surface area (Å²) in [6, 6.07) is 7.76. The minimum absolute atomic E-state index is 0.0655. The van der Waals surface area contributed by atoms with Gasteiger partial charge in [0.1, 0.15) is 21.8 Å². The molecule has 25 heavy (non-hydrogen) atoms. The number of amides is 1. The molecule has 126 valence electrons. The molecule has 1 aliphatic rings. The van der Waals surface area contributed by atoms with Gasteiger partial charge in [-0.2, -0.15) is 10.3 Å². The number of carbonyl (C=O) groups excluding carboxylic acids is 1. The van der Waals surface area contributed by atoms with E-state index >= 15 is 0 Å².